The van der Waals surface area contributed by atoms with Gasteiger partial charge in [-0.05, 0) is 109 Å². The first-order chi connectivity index (χ1) is 18.5. The lowest BCUT2D eigenvalue weighted by molar-refractivity contribution is -0.140. The Bertz CT molecular complexity index is 1240. The summed E-state index contributed by atoms with van der Waals surface area (Å²) in [5.41, 5.74) is 8.79. The Balaban J connectivity index is 0.00000127. The Morgan fingerprint density at radius 2 is 1.63 bits per heavy atom. The van der Waals surface area contributed by atoms with Crippen LogP contribution in [0.4, 0.5) is 0 Å². The molecule has 0 saturated carbocycles. The SMILES string of the molecule is C#CC.CCOCCOc1cc(C)c2c(c1)CCc1ccc(COc3ccc(CCC(=O)OC)cc3)cc1-2. The number of terminal acetylenes is 1. The fourth-order valence-corrected chi connectivity index (χ4v) is 4.55. The summed E-state index contributed by atoms with van der Waals surface area (Å²) < 4.78 is 22.1. The van der Waals surface area contributed by atoms with Gasteiger partial charge in [0.15, 0.2) is 0 Å². The minimum absolute atomic E-state index is 0.195. The van der Waals surface area contributed by atoms with Crippen LogP contribution < -0.4 is 9.47 Å². The van der Waals surface area contributed by atoms with E-state index >= 15 is 0 Å². The lowest BCUT2D eigenvalue weighted by Gasteiger charge is -2.24. The molecule has 1 aliphatic rings. The highest BCUT2D eigenvalue weighted by atomic mass is 16.5. The molecule has 200 valence electrons. The third kappa shape index (κ3) is 8.13. The van der Waals surface area contributed by atoms with E-state index in [2.05, 4.69) is 49.6 Å². The molecule has 3 aromatic rings. The molecule has 0 radical (unpaired) electrons. The molecule has 0 saturated heterocycles. The normalized spacial score (nSPS) is 11.2. The molecule has 0 N–H and O–H groups in total. The Labute approximate surface area is 227 Å². The third-order valence-corrected chi connectivity index (χ3v) is 6.37. The first kappa shape index (κ1) is 28.8. The van der Waals surface area contributed by atoms with Gasteiger partial charge in [0.05, 0.1) is 13.7 Å². The number of rotatable bonds is 11. The van der Waals surface area contributed by atoms with Gasteiger partial charge < -0.3 is 18.9 Å². The molecule has 0 atom stereocenters. The van der Waals surface area contributed by atoms with E-state index in [1.165, 1.54) is 34.9 Å². The van der Waals surface area contributed by atoms with Crippen molar-refractivity contribution in [1.82, 2.24) is 0 Å². The summed E-state index contributed by atoms with van der Waals surface area (Å²) in [6.45, 7) is 8.19. The van der Waals surface area contributed by atoms with Crippen LogP contribution in [0.3, 0.4) is 0 Å². The zero-order valence-corrected chi connectivity index (χ0v) is 23.0. The molecule has 0 heterocycles. The van der Waals surface area contributed by atoms with E-state index in [1.54, 1.807) is 6.92 Å². The van der Waals surface area contributed by atoms with E-state index in [0.717, 1.165) is 35.5 Å². The maximum Gasteiger partial charge on any atom is 0.305 e. The topological polar surface area (TPSA) is 54.0 Å². The molecular formula is C33H38O5. The van der Waals surface area contributed by atoms with Crippen molar-refractivity contribution < 1.29 is 23.7 Å². The third-order valence-electron chi connectivity index (χ3n) is 6.37. The second-order valence-corrected chi connectivity index (χ2v) is 9.11. The molecule has 38 heavy (non-hydrogen) atoms. The van der Waals surface area contributed by atoms with Crippen molar-refractivity contribution in [3.05, 3.63) is 82.4 Å². The van der Waals surface area contributed by atoms with Crippen molar-refractivity contribution >= 4 is 5.97 Å². The van der Waals surface area contributed by atoms with Gasteiger partial charge in [0.2, 0.25) is 0 Å². The highest BCUT2D eigenvalue weighted by Gasteiger charge is 2.20. The second kappa shape index (κ2) is 14.9. The number of hydrogen-bond acceptors (Lipinski definition) is 5. The number of fused-ring (bicyclic) bond motifs is 3. The van der Waals surface area contributed by atoms with Crippen molar-refractivity contribution in [2.45, 2.75) is 53.1 Å². The zero-order chi connectivity index (χ0) is 27.3. The lowest BCUT2D eigenvalue weighted by Crippen LogP contribution is -2.09. The Morgan fingerprint density at radius 3 is 2.34 bits per heavy atom. The van der Waals surface area contributed by atoms with Crippen molar-refractivity contribution in [3.8, 4) is 35.0 Å². The first-order valence-electron chi connectivity index (χ1n) is 13.1. The maximum atomic E-state index is 11.3. The van der Waals surface area contributed by atoms with Gasteiger partial charge >= 0.3 is 5.97 Å². The van der Waals surface area contributed by atoms with E-state index in [0.29, 0.717) is 39.3 Å². The Morgan fingerprint density at radius 1 is 0.921 bits per heavy atom. The van der Waals surface area contributed by atoms with Gasteiger partial charge in [-0.25, -0.2) is 0 Å². The number of esters is 1. The van der Waals surface area contributed by atoms with Crippen LogP contribution in [0.2, 0.25) is 0 Å². The smallest absolute Gasteiger partial charge is 0.305 e. The molecule has 1 aliphatic carbocycles. The quantitative estimate of drug-likeness (QED) is 0.166. The molecule has 0 aromatic heterocycles. The van der Waals surface area contributed by atoms with E-state index < -0.39 is 0 Å². The average molecular weight is 515 g/mol. The van der Waals surface area contributed by atoms with E-state index in [9.17, 15) is 4.79 Å². The van der Waals surface area contributed by atoms with Gasteiger partial charge in [-0.3, -0.25) is 4.79 Å². The van der Waals surface area contributed by atoms with Crippen LogP contribution in [0, 0.1) is 19.3 Å². The van der Waals surface area contributed by atoms with Crippen molar-refractivity contribution in [3.63, 3.8) is 0 Å². The van der Waals surface area contributed by atoms with Gasteiger partial charge in [0.1, 0.15) is 24.7 Å². The fourth-order valence-electron chi connectivity index (χ4n) is 4.55. The number of benzene rings is 3. The van der Waals surface area contributed by atoms with E-state index in [1.807, 2.05) is 31.2 Å². The molecule has 0 aliphatic heterocycles. The summed E-state index contributed by atoms with van der Waals surface area (Å²) in [5.74, 6) is 3.79. The summed E-state index contributed by atoms with van der Waals surface area (Å²) >= 11 is 0. The molecule has 0 fully saturated rings. The fraction of sp³-hybridized carbons (Fsp3) is 0.364. The standard InChI is InChI=1S/C30H34O5.C3H4/c1-4-33-15-16-34-27-17-21(2)30-25(19-27)11-10-24-9-5-23(18-28(24)30)20-35-26-12-6-22(7-13-26)8-14-29(31)32-3;1-3-2/h5-7,9,12-13,17-19H,4,8,10-11,14-16,20H2,1-3H3;1H,2H3. The number of carbonyl (C=O) groups is 1. The van der Waals surface area contributed by atoms with E-state index in [4.69, 9.17) is 18.9 Å². The number of ether oxygens (including phenoxy) is 4. The molecule has 0 unspecified atom stereocenters. The molecule has 5 heteroatoms. The van der Waals surface area contributed by atoms with Gasteiger partial charge in [-0.2, -0.15) is 0 Å². The predicted molar refractivity (Wildman–Crippen MR) is 152 cm³/mol. The molecule has 0 amide bonds. The van der Waals surface area contributed by atoms with Gasteiger partial charge in [0, 0.05) is 13.0 Å². The number of methoxy groups -OCH3 is 1. The van der Waals surface area contributed by atoms with Crippen LogP contribution in [0.15, 0.2) is 54.6 Å². The highest BCUT2D eigenvalue weighted by Crippen LogP contribution is 2.39. The molecule has 0 bridgehead atoms. The highest BCUT2D eigenvalue weighted by molar-refractivity contribution is 5.77. The first-order valence-corrected chi connectivity index (χ1v) is 13.1. The summed E-state index contributed by atoms with van der Waals surface area (Å²) in [7, 11) is 1.41. The minimum atomic E-state index is -0.195. The molecule has 5 nitrogen and oxygen atoms in total. The van der Waals surface area contributed by atoms with Gasteiger partial charge in [-0.1, -0.05) is 24.3 Å². The van der Waals surface area contributed by atoms with Crippen molar-refractivity contribution in [2.24, 2.45) is 0 Å². The largest absolute Gasteiger partial charge is 0.491 e. The monoisotopic (exact) mass is 514 g/mol. The lowest BCUT2D eigenvalue weighted by atomic mass is 9.82. The van der Waals surface area contributed by atoms with Crippen LogP contribution in [0.5, 0.6) is 11.5 Å². The Kier molecular flexibility index (Phi) is 11.3. The van der Waals surface area contributed by atoms with Crippen molar-refractivity contribution in [1.29, 1.82) is 0 Å². The van der Waals surface area contributed by atoms with Crippen LogP contribution >= 0.6 is 0 Å². The molecule has 0 spiro atoms. The molecule has 3 aromatic carbocycles. The van der Waals surface area contributed by atoms with Crippen LogP contribution in [-0.4, -0.2) is 32.9 Å². The van der Waals surface area contributed by atoms with Crippen LogP contribution in [-0.2, 0) is 40.1 Å². The predicted octanol–water partition coefficient (Wildman–Crippen LogP) is 6.50. The summed E-state index contributed by atoms with van der Waals surface area (Å²) in [4.78, 5) is 11.3. The van der Waals surface area contributed by atoms with E-state index in [-0.39, 0.29) is 5.97 Å². The summed E-state index contributed by atoms with van der Waals surface area (Å²) in [6.07, 6.45) is 7.69. The van der Waals surface area contributed by atoms with Gasteiger partial charge in [-0.15, -0.1) is 12.3 Å². The van der Waals surface area contributed by atoms with Gasteiger partial charge in [0.25, 0.3) is 0 Å². The maximum absolute atomic E-state index is 11.3. The number of carbonyl (C=O) groups excluding carboxylic acids is 1. The van der Waals surface area contributed by atoms with Crippen LogP contribution in [0.25, 0.3) is 11.1 Å². The second-order valence-electron chi connectivity index (χ2n) is 9.11. The minimum Gasteiger partial charge on any atom is -0.491 e. The number of aryl methyl sites for hydroxylation is 4. The Hall–Kier alpha value is -3.75. The van der Waals surface area contributed by atoms with Crippen LogP contribution in [0.1, 0.15) is 48.1 Å². The summed E-state index contributed by atoms with van der Waals surface area (Å²) in [5, 5.41) is 0. The molecular weight excluding hydrogens is 476 g/mol. The van der Waals surface area contributed by atoms with Crippen molar-refractivity contribution in [2.75, 3.05) is 26.9 Å². The average Bonchev–Trinajstić information content (AvgIpc) is 2.93. The zero-order valence-electron chi connectivity index (χ0n) is 23.0. The summed E-state index contributed by atoms with van der Waals surface area (Å²) in [6, 6.07) is 18.9. The number of hydrogen-bond donors (Lipinski definition) is 0. The molecule has 4 rings (SSSR count).